The van der Waals surface area contributed by atoms with Crippen molar-refractivity contribution in [3.63, 3.8) is 0 Å². The number of unbranched alkanes of at least 4 members (excludes halogenated alkanes) is 35. The van der Waals surface area contributed by atoms with Gasteiger partial charge in [0.15, 0.2) is 6.10 Å². The summed E-state index contributed by atoms with van der Waals surface area (Å²) in [5, 5.41) is 0. The zero-order valence-corrected chi connectivity index (χ0v) is 42.5. The van der Waals surface area contributed by atoms with E-state index in [1.54, 1.807) is 0 Å². The summed E-state index contributed by atoms with van der Waals surface area (Å²) in [6, 6.07) is 0. The van der Waals surface area contributed by atoms with Crippen molar-refractivity contribution in [3.05, 3.63) is 0 Å². The summed E-state index contributed by atoms with van der Waals surface area (Å²) < 4.78 is 16.8. The van der Waals surface area contributed by atoms with Gasteiger partial charge in [-0.2, -0.15) is 0 Å². The molecule has 0 aromatic carbocycles. The minimum atomic E-state index is -0.761. The van der Waals surface area contributed by atoms with Gasteiger partial charge in [0, 0.05) is 19.3 Å². The number of rotatable bonds is 50. The molecule has 0 saturated heterocycles. The molecule has 0 N–H and O–H groups in total. The molecule has 0 aliphatic carbocycles. The van der Waals surface area contributed by atoms with Gasteiger partial charge in [0.05, 0.1) is 0 Å². The maximum absolute atomic E-state index is 12.7. The van der Waals surface area contributed by atoms with E-state index in [1.807, 2.05) is 0 Å². The Labute approximate surface area is 387 Å². The third-order valence-corrected chi connectivity index (χ3v) is 12.7. The Morgan fingerprint density at radius 3 is 0.790 bits per heavy atom. The molecule has 368 valence electrons. The third kappa shape index (κ3) is 49.4. The average molecular weight is 877 g/mol. The van der Waals surface area contributed by atoms with Crippen molar-refractivity contribution in [2.75, 3.05) is 13.2 Å². The van der Waals surface area contributed by atoms with Gasteiger partial charge in [0.25, 0.3) is 0 Å². The van der Waals surface area contributed by atoms with E-state index < -0.39 is 6.10 Å². The first-order chi connectivity index (χ1) is 30.2. The first-order valence-corrected chi connectivity index (χ1v) is 27.7. The smallest absolute Gasteiger partial charge is 0.306 e. The molecular weight excluding hydrogens is 769 g/mol. The van der Waals surface area contributed by atoms with Crippen LogP contribution < -0.4 is 0 Å². The standard InChI is InChI=1S/C56H108O6/c1-6-7-8-9-10-24-33-38-43-48-56(59)62-53(50-61-55(58)47-42-37-32-28-23-19-15-17-21-26-30-35-40-45-52(4)5)49-60-54(57)46-41-36-31-27-22-18-14-12-11-13-16-20-25-29-34-39-44-51(2)3/h51-53H,6-50H2,1-5H3/t53-/m1/s1. The Kier molecular flexibility index (Phi) is 47.6. The largest absolute Gasteiger partial charge is 0.462 e. The summed E-state index contributed by atoms with van der Waals surface area (Å²) in [5.74, 6) is 0.847. The van der Waals surface area contributed by atoms with Crippen LogP contribution in [-0.2, 0) is 28.6 Å². The van der Waals surface area contributed by atoms with Crippen molar-refractivity contribution >= 4 is 17.9 Å². The second kappa shape index (κ2) is 48.9. The van der Waals surface area contributed by atoms with Gasteiger partial charge in [-0.3, -0.25) is 14.4 Å². The Hall–Kier alpha value is -1.59. The predicted molar refractivity (Wildman–Crippen MR) is 266 cm³/mol. The summed E-state index contributed by atoms with van der Waals surface area (Å²) in [7, 11) is 0. The van der Waals surface area contributed by atoms with Crippen LogP contribution in [0, 0.1) is 11.8 Å². The Morgan fingerprint density at radius 2 is 0.532 bits per heavy atom. The van der Waals surface area contributed by atoms with Crippen LogP contribution in [0.1, 0.15) is 311 Å². The van der Waals surface area contributed by atoms with E-state index in [4.69, 9.17) is 14.2 Å². The van der Waals surface area contributed by atoms with E-state index in [2.05, 4.69) is 34.6 Å². The second-order valence-electron chi connectivity index (χ2n) is 20.2. The number of carbonyl (C=O) groups excluding carboxylic acids is 3. The highest BCUT2D eigenvalue weighted by Gasteiger charge is 2.19. The molecule has 0 aromatic rings. The van der Waals surface area contributed by atoms with E-state index >= 15 is 0 Å². The molecule has 6 heteroatoms. The van der Waals surface area contributed by atoms with E-state index in [9.17, 15) is 14.4 Å². The molecule has 0 aliphatic heterocycles. The first-order valence-electron chi connectivity index (χ1n) is 27.7. The van der Waals surface area contributed by atoms with Crippen molar-refractivity contribution in [1.29, 1.82) is 0 Å². The Balaban J connectivity index is 4.19. The zero-order chi connectivity index (χ0) is 45.4. The maximum atomic E-state index is 12.7. The molecule has 62 heavy (non-hydrogen) atoms. The molecule has 0 saturated carbocycles. The summed E-state index contributed by atoms with van der Waals surface area (Å²) in [6.07, 6.45) is 51.0. The summed E-state index contributed by atoms with van der Waals surface area (Å²) in [5.41, 5.74) is 0. The number of carbonyl (C=O) groups is 3. The fraction of sp³-hybridized carbons (Fsp3) is 0.946. The van der Waals surface area contributed by atoms with Crippen LogP contribution in [0.2, 0.25) is 0 Å². The van der Waals surface area contributed by atoms with Gasteiger partial charge in [0.1, 0.15) is 13.2 Å². The average Bonchev–Trinajstić information content (AvgIpc) is 3.24. The number of hydrogen-bond donors (Lipinski definition) is 0. The molecule has 0 radical (unpaired) electrons. The van der Waals surface area contributed by atoms with E-state index in [0.29, 0.717) is 19.3 Å². The minimum absolute atomic E-state index is 0.0631. The van der Waals surface area contributed by atoms with Gasteiger partial charge in [-0.05, 0) is 31.1 Å². The van der Waals surface area contributed by atoms with Crippen molar-refractivity contribution < 1.29 is 28.6 Å². The first kappa shape index (κ1) is 60.4. The maximum Gasteiger partial charge on any atom is 0.306 e. The van der Waals surface area contributed by atoms with Gasteiger partial charge >= 0.3 is 17.9 Å². The van der Waals surface area contributed by atoms with Crippen LogP contribution in [0.15, 0.2) is 0 Å². The number of hydrogen-bond acceptors (Lipinski definition) is 6. The summed E-state index contributed by atoms with van der Waals surface area (Å²) >= 11 is 0. The lowest BCUT2D eigenvalue weighted by Gasteiger charge is -2.18. The molecule has 0 rings (SSSR count). The van der Waals surface area contributed by atoms with Crippen LogP contribution >= 0.6 is 0 Å². The molecule has 0 bridgehead atoms. The molecule has 6 nitrogen and oxygen atoms in total. The number of ether oxygens (including phenoxy) is 3. The molecule has 0 aromatic heterocycles. The molecule has 0 fully saturated rings. The van der Waals surface area contributed by atoms with Crippen LogP contribution in [0.25, 0.3) is 0 Å². The minimum Gasteiger partial charge on any atom is -0.462 e. The summed E-state index contributed by atoms with van der Waals surface area (Å²) in [4.78, 5) is 38.0. The van der Waals surface area contributed by atoms with Crippen molar-refractivity contribution in [1.82, 2.24) is 0 Å². The SMILES string of the molecule is CCCCCCCCCCCC(=O)O[C@H](COC(=O)CCCCCCCCCCCCCCCCCCC(C)C)COC(=O)CCCCCCCCCCCCCCCC(C)C. The van der Waals surface area contributed by atoms with Crippen molar-refractivity contribution in [2.24, 2.45) is 11.8 Å². The molecule has 0 aliphatic rings. The molecule has 0 unspecified atom stereocenters. The van der Waals surface area contributed by atoms with Crippen molar-refractivity contribution in [3.8, 4) is 0 Å². The van der Waals surface area contributed by atoms with Gasteiger partial charge in [0.2, 0.25) is 0 Å². The molecular formula is C56H108O6. The lowest BCUT2D eigenvalue weighted by atomic mass is 10.0. The lowest BCUT2D eigenvalue weighted by molar-refractivity contribution is -0.167. The number of esters is 3. The van der Waals surface area contributed by atoms with Gasteiger partial charge < -0.3 is 14.2 Å². The normalized spacial score (nSPS) is 12.0. The molecule has 0 spiro atoms. The van der Waals surface area contributed by atoms with Crippen LogP contribution in [0.4, 0.5) is 0 Å². The van der Waals surface area contributed by atoms with Crippen LogP contribution in [0.3, 0.4) is 0 Å². The van der Waals surface area contributed by atoms with E-state index in [-0.39, 0.29) is 31.1 Å². The van der Waals surface area contributed by atoms with E-state index in [0.717, 1.165) is 69.6 Å². The Morgan fingerprint density at radius 1 is 0.306 bits per heavy atom. The van der Waals surface area contributed by atoms with Crippen LogP contribution in [0.5, 0.6) is 0 Å². The molecule has 0 heterocycles. The summed E-state index contributed by atoms with van der Waals surface area (Å²) in [6.45, 7) is 11.4. The van der Waals surface area contributed by atoms with Gasteiger partial charge in [-0.15, -0.1) is 0 Å². The monoisotopic (exact) mass is 877 g/mol. The topological polar surface area (TPSA) is 78.9 Å². The van der Waals surface area contributed by atoms with E-state index in [1.165, 1.54) is 199 Å². The Bertz CT molecular complexity index is 947. The fourth-order valence-corrected chi connectivity index (χ4v) is 8.52. The van der Waals surface area contributed by atoms with Crippen LogP contribution in [-0.4, -0.2) is 37.2 Å². The van der Waals surface area contributed by atoms with Crippen molar-refractivity contribution in [2.45, 2.75) is 317 Å². The molecule has 0 amide bonds. The highest BCUT2D eigenvalue weighted by molar-refractivity contribution is 5.71. The lowest BCUT2D eigenvalue weighted by Crippen LogP contribution is -2.30. The van der Waals surface area contributed by atoms with Gasteiger partial charge in [-0.1, -0.05) is 272 Å². The highest BCUT2D eigenvalue weighted by Crippen LogP contribution is 2.18. The molecule has 1 atom stereocenters. The zero-order valence-electron chi connectivity index (χ0n) is 42.5. The fourth-order valence-electron chi connectivity index (χ4n) is 8.52. The third-order valence-electron chi connectivity index (χ3n) is 12.7. The second-order valence-corrected chi connectivity index (χ2v) is 20.2. The predicted octanol–water partition coefficient (Wildman–Crippen LogP) is 18.1. The highest BCUT2D eigenvalue weighted by atomic mass is 16.6. The quantitative estimate of drug-likeness (QED) is 0.0344. The van der Waals surface area contributed by atoms with Gasteiger partial charge in [-0.25, -0.2) is 0 Å².